The van der Waals surface area contributed by atoms with Gasteiger partial charge in [-0.3, -0.25) is 4.79 Å². The molecule has 1 aliphatic rings. The number of aldehydes is 1. The number of nitrogens with zero attached hydrogens (tertiary/aromatic N) is 1. The van der Waals surface area contributed by atoms with Gasteiger partial charge in [-0.15, -0.1) is 0 Å². The SMILES string of the molecule is COCC1CCN(c2ccc(C)cc2C=O)C1. The Kier molecular flexibility index (Phi) is 3.79. The number of hydrogen-bond acceptors (Lipinski definition) is 3. The average Bonchev–Trinajstić information content (AvgIpc) is 2.78. The highest BCUT2D eigenvalue weighted by molar-refractivity contribution is 5.85. The van der Waals surface area contributed by atoms with Crippen LogP contribution >= 0.6 is 0 Å². The molecule has 1 atom stereocenters. The summed E-state index contributed by atoms with van der Waals surface area (Å²) in [6, 6.07) is 6.06. The Morgan fingerprint density at radius 1 is 1.53 bits per heavy atom. The molecule has 0 radical (unpaired) electrons. The maximum absolute atomic E-state index is 11.1. The molecule has 0 aromatic heterocycles. The van der Waals surface area contributed by atoms with Crippen molar-refractivity contribution in [2.75, 3.05) is 31.7 Å². The van der Waals surface area contributed by atoms with Gasteiger partial charge in [-0.1, -0.05) is 11.6 Å². The summed E-state index contributed by atoms with van der Waals surface area (Å²) < 4.78 is 5.19. The molecule has 1 aromatic carbocycles. The summed E-state index contributed by atoms with van der Waals surface area (Å²) in [5.41, 5.74) is 2.98. The molecule has 0 saturated carbocycles. The van der Waals surface area contributed by atoms with Crippen LogP contribution in [0, 0.1) is 12.8 Å². The highest BCUT2D eigenvalue weighted by Gasteiger charge is 2.23. The van der Waals surface area contributed by atoms with Gasteiger partial charge in [-0.05, 0) is 25.5 Å². The average molecular weight is 233 g/mol. The van der Waals surface area contributed by atoms with E-state index in [0.717, 1.165) is 49.2 Å². The smallest absolute Gasteiger partial charge is 0.152 e. The molecule has 2 rings (SSSR count). The quantitative estimate of drug-likeness (QED) is 0.747. The van der Waals surface area contributed by atoms with E-state index < -0.39 is 0 Å². The normalized spacial score (nSPS) is 19.6. The number of carbonyl (C=O) groups excluding carboxylic acids is 1. The van der Waals surface area contributed by atoms with E-state index >= 15 is 0 Å². The van der Waals surface area contributed by atoms with Gasteiger partial charge >= 0.3 is 0 Å². The molecule has 0 N–H and O–H groups in total. The molecular formula is C14H19NO2. The molecule has 1 unspecified atom stereocenters. The van der Waals surface area contributed by atoms with Crippen LogP contribution in [0.15, 0.2) is 18.2 Å². The summed E-state index contributed by atoms with van der Waals surface area (Å²) in [4.78, 5) is 13.4. The van der Waals surface area contributed by atoms with E-state index in [4.69, 9.17) is 4.74 Å². The van der Waals surface area contributed by atoms with Crippen molar-refractivity contribution >= 4 is 12.0 Å². The molecule has 3 nitrogen and oxygen atoms in total. The van der Waals surface area contributed by atoms with E-state index in [1.54, 1.807) is 7.11 Å². The zero-order chi connectivity index (χ0) is 12.3. The van der Waals surface area contributed by atoms with Gasteiger partial charge in [0.25, 0.3) is 0 Å². The van der Waals surface area contributed by atoms with E-state index in [0.29, 0.717) is 5.92 Å². The van der Waals surface area contributed by atoms with Gasteiger partial charge in [0, 0.05) is 37.4 Å². The summed E-state index contributed by atoms with van der Waals surface area (Å²) in [5.74, 6) is 0.584. The molecule has 1 heterocycles. The molecule has 1 aromatic rings. The third kappa shape index (κ3) is 2.67. The zero-order valence-electron chi connectivity index (χ0n) is 10.5. The minimum absolute atomic E-state index is 0.584. The monoisotopic (exact) mass is 233 g/mol. The molecule has 1 aliphatic heterocycles. The number of hydrogen-bond donors (Lipinski definition) is 0. The summed E-state index contributed by atoms with van der Waals surface area (Å²) in [7, 11) is 1.74. The van der Waals surface area contributed by atoms with E-state index in [9.17, 15) is 4.79 Å². The summed E-state index contributed by atoms with van der Waals surface area (Å²) in [5, 5.41) is 0. The van der Waals surface area contributed by atoms with Gasteiger partial charge < -0.3 is 9.64 Å². The van der Waals surface area contributed by atoms with Crippen LogP contribution < -0.4 is 4.90 Å². The van der Waals surface area contributed by atoms with E-state index in [1.807, 2.05) is 19.1 Å². The van der Waals surface area contributed by atoms with Crippen LogP contribution in [-0.2, 0) is 4.74 Å². The third-order valence-electron chi connectivity index (χ3n) is 3.34. The van der Waals surface area contributed by atoms with Crippen LogP contribution in [0.4, 0.5) is 5.69 Å². The number of methoxy groups -OCH3 is 1. The van der Waals surface area contributed by atoms with Gasteiger partial charge in [0.15, 0.2) is 6.29 Å². The third-order valence-corrected chi connectivity index (χ3v) is 3.34. The highest BCUT2D eigenvalue weighted by atomic mass is 16.5. The maximum Gasteiger partial charge on any atom is 0.152 e. The fourth-order valence-corrected chi connectivity index (χ4v) is 2.48. The lowest BCUT2D eigenvalue weighted by Crippen LogP contribution is -2.22. The maximum atomic E-state index is 11.1. The Labute approximate surface area is 102 Å². The van der Waals surface area contributed by atoms with Crippen LogP contribution in [0.1, 0.15) is 22.3 Å². The van der Waals surface area contributed by atoms with Crippen LogP contribution in [0.5, 0.6) is 0 Å². The van der Waals surface area contributed by atoms with E-state index in [1.165, 1.54) is 0 Å². The van der Waals surface area contributed by atoms with Gasteiger partial charge in [0.2, 0.25) is 0 Å². The van der Waals surface area contributed by atoms with Crippen molar-refractivity contribution in [1.29, 1.82) is 0 Å². The largest absolute Gasteiger partial charge is 0.384 e. The second kappa shape index (κ2) is 5.32. The predicted molar refractivity (Wildman–Crippen MR) is 68.8 cm³/mol. The van der Waals surface area contributed by atoms with Crippen molar-refractivity contribution in [3.8, 4) is 0 Å². The molecule has 1 saturated heterocycles. The zero-order valence-corrected chi connectivity index (χ0v) is 10.5. The van der Waals surface area contributed by atoms with E-state index in [2.05, 4.69) is 11.0 Å². The number of aryl methyl sites for hydroxylation is 1. The summed E-state index contributed by atoms with van der Waals surface area (Å²) in [6.07, 6.45) is 2.09. The molecule has 0 spiro atoms. The van der Waals surface area contributed by atoms with Crippen molar-refractivity contribution in [3.63, 3.8) is 0 Å². The Bertz CT molecular complexity index is 403. The molecule has 0 aliphatic carbocycles. The first-order valence-electron chi connectivity index (χ1n) is 6.04. The number of benzene rings is 1. The minimum Gasteiger partial charge on any atom is -0.384 e. The first kappa shape index (κ1) is 12.1. The standard InChI is InChI=1S/C14H19NO2/c1-11-3-4-14(13(7-11)9-16)15-6-5-12(8-15)10-17-2/h3-4,7,9,12H,5-6,8,10H2,1-2H3. The lowest BCUT2D eigenvalue weighted by atomic mass is 10.1. The highest BCUT2D eigenvalue weighted by Crippen LogP contribution is 2.27. The topological polar surface area (TPSA) is 29.5 Å². The first-order chi connectivity index (χ1) is 8.24. The first-order valence-corrected chi connectivity index (χ1v) is 6.04. The second-order valence-corrected chi connectivity index (χ2v) is 4.74. The van der Waals surface area contributed by atoms with Crippen molar-refractivity contribution in [3.05, 3.63) is 29.3 Å². The molecule has 92 valence electrons. The molecule has 1 fully saturated rings. The molecule has 0 amide bonds. The fraction of sp³-hybridized carbons (Fsp3) is 0.500. The fourth-order valence-electron chi connectivity index (χ4n) is 2.48. The van der Waals surface area contributed by atoms with Gasteiger partial charge in [0.1, 0.15) is 0 Å². The van der Waals surface area contributed by atoms with Gasteiger partial charge in [0.05, 0.1) is 6.61 Å². The predicted octanol–water partition coefficient (Wildman–Crippen LogP) is 2.28. The Morgan fingerprint density at radius 3 is 3.06 bits per heavy atom. The molecule has 3 heteroatoms. The molecular weight excluding hydrogens is 214 g/mol. The Balaban J connectivity index is 2.15. The Hall–Kier alpha value is -1.35. The van der Waals surface area contributed by atoms with Crippen LogP contribution in [-0.4, -0.2) is 33.1 Å². The van der Waals surface area contributed by atoms with Crippen molar-refractivity contribution in [2.24, 2.45) is 5.92 Å². The summed E-state index contributed by atoms with van der Waals surface area (Å²) >= 11 is 0. The Morgan fingerprint density at radius 2 is 2.35 bits per heavy atom. The van der Waals surface area contributed by atoms with Crippen molar-refractivity contribution < 1.29 is 9.53 Å². The number of rotatable bonds is 4. The van der Waals surface area contributed by atoms with Crippen molar-refractivity contribution in [1.82, 2.24) is 0 Å². The number of anilines is 1. The molecule has 17 heavy (non-hydrogen) atoms. The number of ether oxygens (including phenoxy) is 1. The van der Waals surface area contributed by atoms with E-state index in [-0.39, 0.29) is 0 Å². The molecule has 0 bridgehead atoms. The minimum atomic E-state index is 0.584. The van der Waals surface area contributed by atoms with Crippen molar-refractivity contribution in [2.45, 2.75) is 13.3 Å². The van der Waals surface area contributed by atoms with Gasteiger partial charge in [-0.2, -0.15) is 0 Å². The van der Waals surface area contributed by atoms with Crippen LogP contribution in [0.3, 0.4) is 0 Å². The van der Waals surface area contributed by atoms with Crippen LogP contribution in [0.2, 0.25) is 0 Å². The lowest BCUT2D eigenvalue weighted by Gasteiger charge is -2.20. The van der Waals surface area contributed by atoms with Gasteiger partial charge in [-0.25, -0.2) is 0 Å². The number of carbonyl (C=O) groups is 1. The lowest BCUT2D eigenvalue weighted by molar-refractivity contribution is 0.112. The van der Waals surface area contributed by atoms with Crippen LogP contribution in [0.25, 0.3) is 0 Å². The summed E-state index contributed by atoms with van der Waals surface area (Å²) in [6.45, 7) is 4.81. The second-order valence-electron chi connectivity index (χ2n) is 4.74.